The lowest BCUT2D eigenvalue weighted by Gasteiger charge is -2.34. The molecule has 1 atom stereocenters. The van der Waals surface area contributed by atoms with Crippen LogP contribution in [0.5, 0.6) is 5.88 Å². The van der Waals surface area contributed by atoms with Gasteiger partial charge >= 0.3 is 12.1 Å². The maximum Gasteiger partial charge on any atom is 0.410 e. The number of nitrogens with one attached hydrogen (secondary N) is 2. The molecule has 0 unspecified atom stereocenters. The van der Waals surface area contributed by atoms with Crippen molar-refractivity contribution < 1.29 is 19.1 Å². The summed E-state index contributed by atoms with van der Waals surface area (Å²) in [7, 11) is 0. The maximum atomic E-state index is 12.5. The normalized spacial score (nSPS) is 16.1. The number of hydrogen-bond donors (Lipinski definition) is 2. The molecule has 1 aliphatic heterocycles. The standard InChI is InChI=1S/C22H28BrN5O4S/c1-22(2,3)32-21(30)28-11-7-10-16(13-28)25-20(29)27-33-19-18(24-12-17(23)26-19)31-14-15-8-5-4-6-9-15/h4-6,8-9,12,16H,7,10-11,13-14H2,1-3H3,(H2,25,27,29)/t16-/m1/s1. The van der Waals surface area contributed by atoms with Gasteiger partial charge < -0.3 is 19.7 Å². The van der Waals surface area contributed by atoms with Crippen LogP contribution in [-0.4, -0.2) is 51.7 Å². The van der Waals surface area contributed by atoms with Crippen molar-refractivity contribution in [2.24, 2.45) is 0 Å². The Labute approximate surface area is 206 Å². The van der Waals surface area contributed by atoms with Crippen molar-refractivity contribution in [3.63, 3.8) is 0 Å². The molecule has 1 saturated heterocycles. The fraction of sp³-hybridized carbons (Fsp3) is 0.455. The molecule has 1 fully saturated rings. The smallest absolute Gasteiger partial charge is 0.410 e. The van der Waals surface area contributed by atoms with Gasteiger partial charge in [-0.15, -0.1) is 0 Å². The van der Waals surface area contributed by atoms with Gasteiger partial charge in [0.1, 0.15) is 16.8 Å². The molecular weight excluding hydrogens is 510 g/mol. The maximum absolute atomic E-state index is 12.5. The van der Waals surface area contributed by atoms with Gasteiger partial charge in [-0.1, -0.05) is 30.3 Å². The molecule has 9 nitrogen and oxygen atoms in total. The first-order valence-corrected chi connectivity index (χ1v) is 12.2. The molecular formula is C22H28BrN5O4S. The molecule has 3 rings (SSSR count). The van der Waals surface area contributed by atoms with Crippen molar-refractivity contribution in [3.05, 3.63) is 46.7 Å². The third-order valence-electron chi connectivity index (χ3n) is 4.55. The third-order valence-corrected chi connectivity index (χ3v) is 5.68. The van der Waals surface area contributed by atoms with Gasteiger partial charge in [0.2, 0.25) is 5.88 Å². The molecule has 178 valence electrons. The van der Waals surface area contributed by atoms with Gasteiger partial charge in [-0.25, -0.2) is 19.6 Å². The summed E-state index contributed by atoms with van der Waals surface area (Å²) in [6.07, 6.45) is 2.73. The Kier molecular flexibility index (Phi) is 8.79. The molecule has 0 radical (unpaired) electrons. The number of nitrogens with zero attached hydrogens (tertiary/aromatic N) is 3. The number of urea groups is 1. The number of amides is 3. The minimum atomic E-state index is -0.559. The highest BCUT2D eigenvalue weighted by Gasteiger charge is 2.28. The number of carbonyl (C=O) groups excluding carboxylic acids is 2. The number of halogens is 1. The summed E-state index contributed by atoms with van der Waals surface area (Å²) >= 11 is 4.31. The molecule has 2 heterocycles. The molecule has 2 aromatic rings. The van der Waals surface area contributed by atoms with Gasteiger partial charge in [0.05, 0.1) is 6.20 Å². The second kappa shape index (κ2) is 11.6. The Morgan fingerprint density at radius 3 is 2.76 bits per heavy atom. The van der Waals surface area contributed by atoms with Crippen LogP contribution in [0, 0.1) is 0 Å². The zero-order chi connectivity index (χ0) is 23.8. The molecule has 33 heavy (non-hydrogen) atoms. The topological polar surface area (TPSA) is 106 Å². The predicted octanol–water partition coefficient (Wildman–Crippen LogP) is 4.52. The second-order valence-corrected chi connectivity index (χ2v) is 10.1. The van der Waals surface area contributed by atoms with E-state index in [1.54, 1.807) is 4.90 Å². The minimum Gasteiger partial charge on any atom is -0.471 e. The Balaban J connectivity index is 1.52. The molecule has 1 aromatic heterocycles. The van der Waals surface area contributed by atoms with Crippen LogP contribution in [0.4, 0.5) is 9.59 Å². The van der Waals surface area contributed by atoms with Gasteiger partial charge in [0.15, 0.2) is 5.03 Å². The Morgan fingerprint density at radius 2 is 2.03 bits per heavy atom. The molecule has 0 aliphatic carbocycles. The van der Waals surface area contributed by atoms with Crippen molar-refractivity contribution in [3.8, 4) is 5.88 Å². The average Bonchev–Trinajstić information content (AvgIpc) is 2.77. The summed E-state index contributed by atoms with van der Waals surface area (Å²) in [6.45, 7) is 6.83. The predicted molar refractivity (Wildman–Crippen MR) is 129 cm³/mol. The molecule has 1 aliphatic rings. The lowest BCUT2D eigenvalue weighted by atomic mass is 10.1. The Morgan fingerprint density at radius 1 is 1.27 bits per heavy atom. The van der Waals surface area contributed by atoms with E-state index in [4.69, 9.17) is 9.47 Å². The average molecular weight is 538 g/mol. The van der Waals surface area contributed by atoms with Gasteiger partial charge in [-0.3, -0.25) is 4.72 Å². The number of piperidine rings is 1. The number of aromatic nitrogens is 2. The highest BCUT2D eigenvalue weighted by atomic mass is 79.9. The third kappa shape index (κ3) is 8.39. The number of benzene rings is 1. The van der Waals surface area contributed by atoms with Gasteiger partial charge in [0.25, 0.3) is 0 Å². The monoisotopic (exact) mass is 537 g/mol. The van der Waals surface area contributed by atoms with Crippen molar-refractivity contribution in [2.75, 3.05) is 13.1 Å². The van der Waals surface area contributed by atoms with E-state index >= 15 is 0 Å². The van der Waals surface area contributed by atoms with E-state index in [-0.39, 0.29) is 18.2 Å². The summed E-state index contributed by atoms with van der Waals surface area (Å²) in [5.41, 5.74) is 0.437. The molecule has 1 aromatic carbocycles. The first-order valence-electron chi connectivity index (χ1n) is 10.6. The lowest BCUT2D eigenvalue weighted by molar-refractivity contribution is 0.0191. The van der Waals surface area contributed by atoms with Gasteiger partial charge in [-0.05, 0) is 55.1 Å². The zero-order valence-corrected chi connectivity index (χ0v) is 21.2. The number of likely N-dealkylation sites (tertiary alicyclic amines) is 1. The van der Waals surface area contributed by atoms with Crippen LogP contribution in [0.3, 0.4) is 0 Å². The fourth-order valence-electron chi connectivity index (χ4n) is 3.13. The number of carbonyl (C=O) groups is 2. The van der Waals surface area contributed by atoms with E-state index in [0.717, 1.165) is 30.4 Å². The van der Waals surface area contributed by atoms with Crippen LogP contribution in [0.15, 0.2) is 46.2 Å². The van der Waals surface area contributed by atoms with Crippen LogP contribution in [-0.2, 0) is 11.3 Å². The van der Waals surface area contributed by atoms with Crippen LogP contribution in [0.25, 0.3) is 0 Å². The number of ether oxygens (including phenoxy) is 2. The van der Waals surface area contributed by atoms with Gasteiger partial charge in [-0.2, -0.15) is 0 Å². The molecule has 2 N–H and O–H groups in total. The van der Waals surface area contributed by atoms with Crippen molar-refractivity contribution in [2.45, 2.75) is 56.9 Å². The minimum absolute atomic E-state index is 0.172. The summed E-state index contributed by atoms with van der Waals surface area (Å²) in [5, 5.41) is 3.33. The summed E-state index contributed by atoms with van der Waals surface area (Å²) in [4.78, 5) is 35.1. The highest BCUT2D eigenvalue weighted by Crippen LogP contribution is 2.25. The van der Waals surface area contributed by atoms with E-state index < -0.39 is 5.60 Å². The highest BCUT2D eigenvalue weighted by molar-refractivity contribution is 9.10. The quantitative estimate of drug-likeness (QED) is 0.521. The van der Waals surface area contributed by atoms with Crippen LogP contribution in [0.1, 0.15) is 39.2 Å². The van der Waals surface area contributed by atoms with Crippen LogP contribution >= 0.6 is 27.9 Å². The Bertz CT molecular complexity index is 958. The van der Waals surface area contributed by atoms with Crippen LogP contribution < -0.4 is 14.8 Å². The summed E-state index contributed by atoms with van der Waals surface area (Å²) < 4.78 is 14.5. The molecule has 0 spiro atoms. The van der Waals surface area contributed by atoms with E-state index in [1.807, 2.05) is 51.1 Å². The van der Waals surface area contributed by atoms with Crippen molar-refractivity contribution >= 4 is 40.0 Å². The van der Waals surface area contributed by atoms with E-state index in [0.29, 0.717) is 35.2 Å². The van der Waals surface area contributed by atoms with E-state index in [1.165, 1.54) is 6.20 Å². The van der Waals surface area contributed by atoms with E-state index in [9.17, 15) is 9.59 Å². The lowest BCUT2D eigenvalue weighted by Crippen LogP contribution is -2.52. The van der Waals surface area contributed by atoms with Crippen molar-refractivity contribution in [1.82, 2.24) is 24.9 Å². The molecule has 3 amide bonds. The second-order valence-electron chi connectivity index (χ2n) is 8.52. The van der Waals surface area contributed by atoms with E-state index in [2.05, 4.69) is 35.9 Å². The SMILES string of the molecule is CC(C)(C)OC(=O)N1CCC[C@@H](NC(=O)NSc2nc(Br)cnc2OCc2ccccc2)C1. The van der Waals surface area contributed by atoms with Crippen molar-refractivity contribution in [1.29, 1.82) is 0 Å². The van der Waals surface area contributed by atoms with Crippen LogP contribution in [0.2, 0.25) is 0 Å². The number of rotatable bonds is 6. The fourth-order valence-corrected chi connectivity index (χ4v) is 4.12. The molecule has 11 heteroatoms. The Hall–Kier alpha value is -2.53. The number of hydrogen-bond acceptors (Lipinski definition) is 7. The summed E-state index contributed by atoms with van der Waals surface area (Å²) in [5.74, 6) is 0.320. The summed E-state index contributed by atoms with van der Waals surface area (Å²) in [6, 6.07) is 9.16. The van der Waals surface area contributed by atoms with Gasteiger partial charge in [0, 0.05) is 31.1 Å². The first-order chi connectivity index (χ1) is 15.7. The first kappa shape index (κ1) is 25.1. The molecule has 0 bridgehead atoms. The molecule has 0 saturated carbocycles. The zero-order valence-electron chi connectivity index (χ0n) is 18.8. The largest absolute Gasteiger partial charge is 0.471 e.